The summed E-state index contributed by atoms with van der Waals surface area (Å²) in [5, 5.41) is 0. The molecule has 0 saturated heterocycles. The maximum Gasteiger partial charge on any atom is 0.231 e. The minimum Gasteiger partial charge on any atom is -0.289 e. The molecule has 1 amide bonds. The van der Waals surface area contributed by atoms with E-state index in [-0.39, 0.29) is 30.2 Å². The summed E-state index contributed by atoms with van der Waals surface area (Å²) in [5.74, 6) is -2.11. The first-order chi connectivity index (χ1) is 14.0. The van der Waals surface area contributed by atoms with Crippen molar-refractivity contribution in [3.8, 4) is 0 Å². The van der Waals surface area contributed by atoms with Crippen molar-refractivity contribution in [3.63, 3.8) is 0 Å². The molecule has 0 bridgehead atoms. The smallest absolute Gasteiger partial charge is 0.231 e. The average molecular weight is 389 g/mol. The second-order valence-corrected chi connectivity index (χ2v) is 6.75. The molecule has 3 aromatic rings. The number of halogens is 2. The maximum absolute atomic E-state index is 13.9. The molecule has 0 unspecified atom stereocenters. The summed E-state index contributed by atoms with van der Waals surface area (Å²) >= 11 is 0. The normalized spacial score (nSPS) is 14.3. The molecule has 1 heterocycles. The SMILES string of the molecule is O=C(C1=C(c2ccccc2)N(c2cc(F)cc(F)c2)C(=O)CC1)c1ccccc1. The predicted octanol–water partition coefficient (Wildman–Crippen LogP) is 5.39. The fourth-order valence-corrected chi connectivity index (χ4v) is 3.55. The zero-order valence-electron chi connectivity index (χ0n) is 15.4. The van der Waals surface area contributed by atoms with Crippen molar-refractivity contribution in [3.05, 3.63) is 107 Å². The third kappa shape index (κ3) is 3.72. The van der Waals surface area contributed by atoms with Crippen molar-refractivity contribution < 1.29 is 18.4 Å². The van der Waals surface area contributed by atoms with Gasteiger partial charge in [0.05, 0.1) is 11.4 Å². The van der Waals surface area contributed by atoms with Crippen molar-refractivity contribution >= 4 is 23.1 Å². The van der Waals surface area contributed by atoms with Gasteiger partial charge in [-0.15, -0.1) is 0 Å². The molecule has 0 spiro atoms. The molecule has 1 aliphatic rings. The average Bonchev–Trinajstić information content (AvgIpc) is 2.73. The van der Waals surface area contributed by atoms with Crippen molar-refractivity contribution in [2.75, 3.05) is 4.90 Å². The van der Waals surface area contributed by atoms with Crippen LogP contribution in [-0.4, -0.2) is 11.7 Å². The Labute approximate surface area is 166 Å². The molecule has 0 saturated carbocycles. The molecule has 0 atom stereocenters. The van der Waals surface area contributed by atoms with E-state index < -0.39 is 11.6 Å². The molecule has 0 N–H and O–H groups in total. The molecule has 4 rings (SSSR count). The molecule has 1 aliphatic heterocycles. The molecule has 3 nitrogen and oxygen atoms in total. The van der Waals surface area contributed by atoms with Gasteiger partial charge in [0.1, 0.15) is 11.6 Å². The van der Waals surface area contributed by atoms with E-state index in [2.05, 4.69) is 0 Å². The van der Waals surface area contributed by atoms with Gasteiger partial charge in [0.15, 0.2) is 5.78 Å². The van der Waals surface area contributed by atoms with Crippen molar-refractivity contribution in [1.82, 2.24) is 0 Å². The third-order valence-corrected chi connectivity index (χ3v) is 4.81. The minimum atomic E-state index is -0.790. The molecular weight excluding hydrogens is 372 g/mol. The molecule has 29 heavy (non-hydrogen) atoms. The summed E-state index contributed by atoms with van der Waals surface area (Å²) < 4.78 is 27.8. The van der Waals surface area contributed by atoms with Gasteiger partial charge in [-0.05, 0) is 24.1 Å². The Morgan fingerprint density at radius 2 is 1.38 bits per heavy atom. The van der Waals surface area contributed by atoms with E-state index in [1.54, 1.807) is 48.5 Å². The lowest BCUT2D eigenvalue weighted by atomic mass is 9.90. The van der Waals surface area contributed by atoms with Gasteiger partial charge in [-0.1, -0.05) is 60.7 Å². The van der Waals surface area contributed by atoms with E-state index in [0.717, 1.165) is 18.2 Å². The van der Waals surface area contributed by atoms with Gasteiger partial charge in [-0.3, -0.25) is 14.5 Å². The van der Waals surface area contributed by atoms with E-state index in [0.29, 0.717) is 22.4 Å². The number of benzene rings is 3. The van der Waals surface area contributed by atoms with E-state index in [4.69, 9.17) is 0 Å². The Hall–Kier alpha value is -3.60. The summed E-state index contributed by atoms with van der Waals surface area (Å²) in [6.07, 6.45) is 0.327. The van der Waals surface area contributed by atoms with E-state index >= 15 is 0 Å². The third-order valence-electron chi connectivity index (χ3n) is 4.81. The Balaban J connectivity index is 1.95. The zero-order valence-corrected chi connectivity index (χ0v) is 15.4. The van der Waals surface area contributed by atoms with Gasteiger partial charge in [-0.2, -0.15) is 0 Å². The van der Waals surface area contributed by atoms with Gasteiger partial charge in [0.25, 0.3) is 0 Å². The molecule has 5 heteroatoms. The molecule has 144 valence electrons. The Morgan fingerprint density at radius 3 is 2.00 bits per heavy atom. The van der Waals surface area contributed by atoms with Crippen molar-refractivity contribution in [1.29, 1.82) is 0 Å². The van der Waals surface area contributed by atoms with Gasteiger partial charge >= 0.3 is 0 Å². The Morgan fingerprint density at radius 1 is 0.793 bits per heavy atom. The van der Waals surface area contributed by atoms with Crippen LogP contribution in [0.4, 0.5) is 14.5 Å². The molecular formula is C24H17F2NO2. The standard InChI is InChI=1S/C24H17F2NO2/c25-18-13-19(26)15-20(14-18)27-22(28)12-11-21(23(27)16-7-3-1-4-8-16)24(29)17-9-5-2-6-10-17/h1-10,13-15H,11-12H2. The van der Waals surface area contributed by atoms with E-state index in [1.807, 2.05) is 12.1 Å². The first-order valence-corrected chi connectivity index (χ1v) is 9.22. The number of carbonyl (C=O) groups excluding carboxylic acids is 2. The quantitative estimate of drug-likeness (QED) is 0.562. The van der Waals surface area contributed by atoms with E-state index in [9.17, 15) is 18.4 Å². The Bertz CT molecular complexity index is 1090. The summed E-state index contributed by atoms with van der Waals surface area (Å²) in [7, 11) is 0. The highest BCUT2D eigenvalue weighted by Crippen LogP contribution is 2.37. The first kappa shape index (κ1) is 18.7. The van der Waals surface area contributed by atoms with Crippen LogP contribution in [-0.2, 0) is 4.79 Å². The number of rotatable bonds is 4. The lowest BCUT2D eigenvalue weighted by Crippen LogP contribution is -2.35. The van der Waals surface area contributed by atoms with Crippen LogP contribution >= 0.6 is 0 Å². The number of hydrogen-bond acceptors (Lipinski definition) is 2. The van der Waals surface area contributed by atoms with Crippen molar-refractivity contribution in [2.45, 2.75) is 12.8 Å². The number of carbonyl (C=O) groups is 2. The molecule has 0 fully saturated rings. The number of anilines is 1. The monoisotopic (exact) mass is 389 g/mol. The van der Waals surface area contributed by atoms with Crippen molar-refractivity contribution in [2.24, 2.45) is 0 Å². The topological polar surface area (TPSA) is 37.4 Å². The largest absolute Gasteiger partial charge is 0.289 e. The van der Waals surface area contributed by atoms with Crippen LogP contribution in [0, 0.1) is 11.6 Å². The van der Waals surface area contributed by atoms with Gasteiger partial charge < -0.3 is 0 Å². The minimum absolute atomic E-state index is 0.0596. The number of Topliss-reactive ketones (excluding diaryl/α,β-unsaturated/α-hetero) is 1. The van der Waals surface area contributed by atoms with Gasteiger partial charge in [0, 0.05) is 23.6 Å². The van der Waals surface area contributed by atoms with Crippen LogP contribution in [0.5, 0.6) is 0 Å². The fraction of sp³-hybridized carbons (Fsp3) is 0.0833. The van der Waals surface area contributed by atoms with Crippen LogP contribution in [0.3, 0.4) is 0 Å². The molecule has 3 aromatic carbocycles. The first-order valence-electron chi connectivity index (χ1n) is 9.22. The zero-order chi connectivity index (χ0) is 20.4. The van der Waals surface area contributed by atoms with Crippen LogP contribution in [0.2, 0.25) is 0 Å². The lowest BCUT2D eigenvalue weighted by molar-refractivity contribution is -0.118. The second-order valence-electron chi connectivity index (χ2n) is 6.75. The van der Waals surface area contributed by atoms with Crippen LogP contribution in [0.15, 0.2) is 84.4 Å². The highest BCUT2D eigenvalue weighted by molar-refractivity contribution is 6.20. The summed E-state index contributed by atoms with van der Waals surface area (Å²) in [6, 6.07) is 20.7. The number of hydrogen-bond donors (Lipinski definition) is 0. The molecule has 0 aliphatic carbocycles. The van der Waals surface area contributed by atoms with Crippen LogP contribution < -0.4 is 4.90 Å². The number of ketones is 1. The summed E-state index contributed by atoms with van der Waals surface area (Å²) in [5.41, 5.74) is 1.98. The van der Waals surface area contributed by atoms with E-state index in [1.165, 1.54) is 4.90 Å². The number of amides is 1. The predicted molar refractivity (Wildman–Crippen MR) is 107 cm³/mol. The second kappa shape index (κ2) is 7.80. The van der Waals surface area contributed by atoms with Crippen LogP contribution in [0.25, 0.3) is 5.70 Å². The molecule has 0 aromatic heterocycles. The van der Waals surface area contributed by atoms with Gasteiger partial charge in [-0.25, -0.2) is 8.78 Å². The summed E-state index contributed by atoms with van der Waals surface area (Å²) in [6.45, 7) is 0. The van der Waals surface area contributed by atoms with Gasteiger partial charge in [0.2, 0.25) is 5.91 Å². The lowest BCUT2D eigenvalue weighted by Gasteiger charge is -2.32. The highest BCUT2D eigenvalue weighted by Gasteiger charge is 2.32. The molecule has 0 radical (unpaired) electrons. The maximum atomic E-state index is 13.9. The number of nitrogens with zero attached hydrogens (tertiary/aromatic N) is 1. The Kier molecular flexibility index (Phi) is 5.04. The highest BCUT2D eigenvalue weighted by atomic mass is 19.1. The summed E-state index contributed by atoms with van der Waals surface area (Å²) in [4.78, 5) is 27.3. The van der Waals surface area contributed by atoms with Crippen LogP contribution in [0.1, 0.15) is 28.8 Å². The number of allylic oxidation sites excluding steroid dienone is 1. The fourth-order valence-electron chi connectivity index (χ4n) is 3.55.